The first-order chi connectivity index (χ1) is 8.09. The Morgan fingerprint density at radius 1 is 1.41 bits per heavy atom. The van der Waals surface area contributed by atoms with Crippen LogP contribution in [0, 0.1) is 12.8 Å². The van der Waals surface area contributed by atoms with Crippen LogP contribution in [0.1, 0.15) is 48.2 Å². The first kappa shape index (κ1) is 12.6. The predicted molar refractivity (Wildman–Crippen MR) is 72.0 cm³/mol. The molecule has 0 radical (unpaired) electrons. The highest BCUT2D eigenvalue weighted by Crippen LogP contribution is 2.29. The van der Waals surface area contributed by atoms with Gasteiger partial charge in [0, 0.05) is 10.4 Å². The average Bonchev–Trinajstić information content (AvgIpc) is 2.34. The molecular formula is C13H17BrN2O. The van der Waals surface area contributed by atoms with Crippen LogP contribution < -0.4 is 5.73 Å². The van der Waals surface area contributed by atoms with Gasteiger partial charge in [-0.25, -0.2) is 4.98 Å². The molecule has 0 saturated heterocycles. The number of hydrogen-bond donors (Lipinski definition) is 1. The van der Waals surface area contributed by atoms with Gasteiger partial charge in [0.05, 0.1) is 11.3 Å². The fourth-order valence-electron chi connectivity index (χ4n) is 2.38. The van der Waals surface area contributed by atoms with E-state index in [9.17, 15) is 4.79 Å². The molecule has 1 saturated carbocycles. The Labute approximate surface area is 110 Å². The Hall–Kier alpha value is -0.900. The standard InChI is InChI=1S/C13H17BrN2O/c1-8-11(14)7-10(13(15)16-8)12(17)9-5-3-2-4-6-9/h7,9H,2-6H2,1H3,(H2,15,16). The minimum Gasteiger partial charge on any atom is -0.383 e. The number of nitrogens with zero attached hydrogens (tertiary/aromatic N) is 1. The van der Waals surface area contributed by atoms with Gasteiger partial charge in [0.1, 0.15) is 5.82 Å². The lowest BCUT2D eigenvalue weighted by Crippen LogP contribution is -2.19. The van der Waals surface area contributed by atoms with Crippen molar-refractivity contribution >= 4 is 27.5 Å². The highest BCUT2D eigenvalue weighted by molar-refractivity contribution is 9.10. The van der Waals surface area contributed by atoms with E-state index in [4.69, 9.17) is 5.73 Å². The summed E-state index contributed by atoms with van der Waals surface area (Å²) < 4.78 is 0.853. The Morgan fingerprint density at radius 3 is 2.71 bits per heavy atom. The molecule has 1 heterocycles. The van der Waals surface area contributed by atoms with Gasteiger partial charge in [0.15, 0.2) is 5.78 Å². The van der Waals surface area contributed by atoms with Gasteiger partial charge in [0.2, 0.25) is 0 Å². The van der Waals surface area contributed by atoms with E-state index in [1.807, 2.05) is 13.0 Å². The van der Waals surface area contributed by atoms with Crippen molar-refractivity contribution in [3.05, 3.63) is 21.8 Å². The molecule has 92 valence electrons. The second-order valence-corrected chi connectivity index (χ2v) is 5.54. The summed E-state index contributed by atoms with van der Waals surface area (Å²) >= 11 is 3.40. The fourth-order valence-corrected chi connectivity index (χ4v) is 2.70. The lowest BCUT2D eigenvalue weighted by atomic mass is 9.84. The smallest absolute Gasteiger partial charge is 0.169 e. The number of ketones is 1. The lowest BCUT2D eigenvalue weighted by molar-refractivity contribution is 0.0890. The van der Waals surface area contributed by atoms with Crippen molar-refractivity contribution in [1.82, 2.24) is 4.98 Å². The van der Waals surface area contributed by atoms with Crippen LogP contribution in [0.3, 0.4) is 0 Å². The summed E-state index contributed by atoms with van der Waals surface area (Å²) in [5, 5.41) is 0. The number of pyridine rings is 1. The van der Waals surface area contributed by atoms with Crippen molar-refractivity contribution in [1.29, 1.82) is 0 Å². The topological polar surface area (TPSA) is 56.0 Å². The van der Waals surface area contributed by atoms with E-state index in [1.54, 1.807) is 0 Å². The van der Waals surface area contributed by atoms with E-state index in [2.05, 4.69) is 20.9 Å². The van der Waals surface area contributed by atoms with E-state index in [0.717, 1.165) is 35.8 Å². The predicted octanol–water partition coefficient (Wildman–Crippen LogP) is 3.50. The third kappa shape index (κ3) is 2.68. The molecule has 0 aromatic carbocycles. The van der Waals surface area contributed by atoms with Crippen LogP contribution in [0.25, 0.3) is 0 Å². The third-order valence-electron chi connectivity index (χ3n) is 3.42. The molecule has 0 aliphatic heterocycles. The zero-order valence-electron chi connectivity index (χ0n) is 10.0. The zero-order chi connectivity index (χ0) is 12.4. The molecule has 0 amide bonds. The maximum absolute atomic E-state index is 12.3. The number of rotatable bonds is 2. The van der Waals surface area contributed by atoms with Crippen LogP contribution in [0.4, 0.5) is 5.82 Å². The van der Waals surface area contributed by atoms with Crippen molar-refractivity contribution in [2.45, 2.75) is 39.0 Å². The van der Waals surface area contributed by atoms with Crippen LogP contribution in [-0.4, -0.2) is 10.8 Å². The zero-order valence-corrected chi connectivity index (χ0v) is 11.6. The van der Waals surface area contributed by atoms with Crippen LogP contribution in [-0.2, 0) is 0 Å². The van der Waals surface area contributed by atoms with Crippen molar-refractivity contribution < 1.29 is 4.79 Å². The quantitative estimate of drug-likeness (QED) is 0.850. The fraction of sp³-hybridized carbons (Fsp3) is 0.538. The first-order valence-electron chi connectivity index (χ1n) is 6.06. The minimum atomic E-state index is 0.141. The van der Waals surface area contributed by atoms with E-state index in [1.165, 1.54) is 6.42 Å². The Kier molecular flexibility index (Phi) is 3.82. The lowest BCUT2D eigenvalue weighted by Gasteiger charge is -2.20. The number of halogens is 1. The first-order valence-corrected chi connectivity index (χ1v) is 6.85. The highest BCUT2D eigenvalue weighted by atomic mass is 79.9. The largest absolute Gasteiger partial charge is 0.383 e. The summed E-state index contributed by atoms with van der Waals surface area (Å²) in [4.78, 5) is 16.5. The number of carbonyl (C=O) groups excluding carboxylic acids is 1. The monoisotopic (exact) mass is 296 g/mol. The number of nitrogens with two attached hydrogens (primary N) is 1. The summed E-state index contributed by atoms with van der Waals surface area (Å²) in [5.41, 5.74) is 7.25. The van der Waals surface area contributed by atoms with Crippen LogP contribution >= 0.6 is 15.9 Å². The Morgan fingerprint density at radius 2 is 2.06 bits per heavy atom. The molecule has 3 nitrogen and oxygen atoms in total. The van der Waals surface area contributed by atoms with Gasteiger partial charge in [-0.3, -0.25) is 4.79 Å². The van der Waals surface area contributed by atoms with Crippen LogP contribution in [0.15, 0.2) is 10.5 Å². The molecule has 2 rings (SSSR count). The van der Waals surface area contributed by atoms with Gasteiger partial charge < -0.3 is 5.73 Å². The molecule has 1 aliphatic carbocycles. The summed E-state index contributed by atoms with van der Waals surface area (Å²) in [6, 6.07) is 1.81. The molecule has 1 aromatic rings. The molecule has 0 spiro atoms. The van der Waals surface area contributed by atoms with Crippen molar-refractivity contribution in [2.75, 3.05) is 5.73 Å². The van der Waals surface area contributed by atoms with Gasteiger partial charge in [0.25, 0.3) is 0 Å². The number of Topliss-reactive ketones (excluding diaryl/α,β-unsaturated/α-hetero) is 1. The molecule has 0 atom stereocenters. The minimum absolute atomic E-state index is 0.141. The van der Waals surface area contributed by atoms with Crippen molar-refractivity contribution in [2.24, 2.45) is 5.92 Å². The summed E-state index contributed by atoms with van der Waals surface area (Å²) in [7, 11) is 0. The molecule has 0 unspecified atom stereocenters. The molecule has 17 heavy (non-hydrogen) atoms. The van der Waals surface area contributed by atoms with E-state index in [0.29, 0.717) is 11.4 Å². The molecule has 0 bridgehead atoms. The molecule has 1 aliphatic rings. The Balaban J connectivity index is 2.26. The van der Waals surface area contributed by atoms with E-state index in [-0.39, 0.29) is 11.7 Å². The van der Waals surface area contributed by atoms with Crippen molar-refractivity contribution in [3.8, 4) is 0 Å². The van der Waals surface area contributed by atoms with Crippen molar-refractivity contribution in [3.63, 3.8) is 0 Å². The molecule has 1 aromatic heterocycles. The molecule has 4 heteroatoms. The molecular weight excluding hydrogens is 280 g/mol. The Bertz CT molecular complexity index is 439. The number of aromatic nitrogens is 1. The van der Waals surface area contributed by atoms with Crippen LogP contribution in [0.2, 0.25) is 0 Å². The van der Waals surface area contributed by atoms with Gasteiger partial charge in [-0.2, -0.15) is 0 Å². The summed E-state index contributed by atoms with van der Waals surface area (Å²) in [6.07, 6.45) is 5.52. The average molecular weight is 297 g/mol. The number of anilines is 1. The number of carbonyl (C=O) groups is 1. The second-order valence-electron chi connectivity index (χ2n) is 4.69. The SMILES string of the molecule is Cc1nc(N)c(C(=O)C2CCCCC2)cc1Br. The third-order valence-corrected chi connectivity index (χ3v) is 4.22. The molecule has 1 fully saturated rings. The summed E-state index contributed by atoms with van der Waals surface area (Å²) in [5.74, 6) is 0.666. The molecule has 2 N–H and O–H groups in total. The maximum atomic E-state index is 12.3. The number of nitrogen functional groups attached to an aromatic ring is 1. The summed E-state index contributed by atoms with van der Waals surface area (Å²) in [6.45, 7) is 1.87. The maximum Gasteiger partial charge on any atom is 0.169 e. The normalized spacial score (nSPS) is 17.1. The van der Waals surface area contributed by atoms with E-state index >= 15 is 0 Å². The van der Waals surface area contributed by atoms with Gasteiger partial charge in [-0.1, -0.05) is 19.3 Å². The van der Waals surface area contributed by atoms with Gasteiger partial charge >= 0.3 is 0 Å². The highest BCUT2D eigenvalue weighted by Gasteiger charge is 2.24. The second kappa shape index (κ2) is 5.17. The van der Waals surface area contributed by atoms with Gasteiger partial charge in [-0.05, 0) is 41.8 Å². The number of hydrogen-bond acceptors (Lipinski definition) is 3. The number of aryl methyl sites for hydroxylation is 1. The van der Waals surface area contributed by atoms with Gasteiger partial charge in [-0.15, -0.1) is 0 Å². The van der Waals surface area contributed by atoms with E-state index < -0.39 is 0 Å². The van der Waals surface area contributed by atoms with Crippen LogP contribution in [0.5, 0.6) is 0 Å².